The number of rotatable bonds is 5. The zero-order chi connectivity index (χ0) is 20.2. The molecule has 0 aliphatic carbocycles. The summed E-state index contributed by atoms with van der Waals surface area (Å²) >= 11 is 0. The van der Waals surface area contributed by atoms with Crippen LogP contribution in [0.25, 0.3) is 33.4 Å². The summed E-state index contributed by atoms with van der Waals surface area (Å²) in [5.41, 5.74) is 4.68. The number of benzene rings is 4. The molecule has 0 saturated carbocycles. The minimum absolute atomic E-state index is 0.309. The molecule has 0 spiro atoms. The average molecular weight is 384 g/mol. The van der Waals surface area contributed by atoms with E-state index in [1.165, 1.54) is 0 Å². The van der Waals surface area contributed by atoms with Crippen molar-refractivity contribution in [2.45, 2.75) is 0 Å². The third kappa shape index (κ3) is 3.72. The van der Waals surface area contributed by atoms with E-state index in [1.54, 1.807) is 32.4 Å². The van der Waals surface area contributed by atoms with Crippen LogP contribution in [-0.2, 0) is 0 Å². The second-order valence-corrected chi connectivity index (χ2v) is 6.68. The molecule has 0 aromatic heterocycles. The van der Waals surface area contributed by atoms with Gasteiger partial charge in [0.1, 0.15) is 17.3 Å². The standard InChI is InChI=1S/C26H21FO2/c1-28-21-13-14-25(29-2)23(17-21)26-22(19-11-7-4-8-12-19)15-20(16-24(26)27)18-9-5-3-6-10-18/h3-17H,1-2H3. The summed E-state index contributed by atoms with van der Waals surface area (Å²) in [5.74, 6) is 0.928. The first-order valence-corrected chi connectivity index (χ1v) is 9.38. The van der Waals surface area contributed by atoms with Gasteiger partial charge in [0.25, 0.3) is 0 Å². The first-order valence-electron chi connectivity index (χ1n) is 9.38. The number of ether oxygens (including phenoxy) is 2. The SMILES string of the molecule is COc1ccc(OC)c(-c2c(F)cc(-c3ccccc3)cc2-c2ccccc2)c1. The topological polar surface area (TPSA) is 18.5 Å². The van der Waals surface area contributed by atoms with E-state index in [0.29, 0.717) is 22.6 Å². The van der Waals surface area contributed by atoms with Crippen molar-refractivity contribution in [3.63, 3.8) is 0 Å². The molecule has 0 unspecified atom stereocenters. The van der Waals surface area contributed by atoms with E-state index in [0.717, 1.165) is 22.3 Å². The molecule has 0 fully saturated rings. The van der Waals surface area contributed by atoms with Crippen LogP contribution in [0.15, 0.2) is 91.0 Å². The molecule has 0 aliphatic rings. The molecule has 0 aliphatic heterocycles. The lowest BCUT2D eigenvalue weighted by Gasteiger charge is -2.17. The molecule has 0 bridgehead atoms. The van der Waals surface area contributed by atoms with Gasteiger partial charge in [-0.3, -0.25) is 0 Å². The van der Waals surface area contributed by atoms with Crippen LogP contribution in [-0.4, -0.2) is 14.2 Å². The molecule has 0 amide bonds. The second kappa shape index (κ2) is 8.19. The first kappa shape index (κ1) is 18.8. The fourth-order valence-corrected chi connectivity index (χ4v) is 3.53. The number of methoxy groups -OCH3 is 2. The molecule has 3 heteroatoms. The van der Waals surface area contributed by atoms with E-state index < -0.39 is 0 Å². The maximum absolute atomic E-state index is 15.6. The Morgan fingerprint density at radius 2 is 1.24 bits per heavy atom. The van der Waals surface area contributed by atoms with Gasteiger partial charge in [-0.2, -0.15) is 0 Å². The van der Waals surface area contributed by atoms with Gasteiger partial charge in [0, 0.05) is 11.1 Å². The largest absolute Gasteiger partial charge is 0.497 e. The quantitative estimate of drug-likeness (QED) is 0.375. The molecule has 0 heterocycles. The average Bonchev–Trinajstić information content (AvgIpc) is 2.79. The molecule has 29 heavy (non-hydrogen) atoms. The van der Waals surface area contributed by atoms with Crippen LogP contribution >= 0.6 is 0 Å². The predicted octanol–water partition coefficient (Wildman–Crippen LogP) is 6.84. The molecule has 0 saturated heterocycles. The van der Waals surface area contributed by atoms with E-state index in [-0.39, 0.29) is 5.82 Å². The van der Waals surface area contributed by atoms with E-state index >= 15 is 4.39 Å². The Morgan fingerprint density at radius 1 is 0.586 bits per heavy atom. The molecule has 4 rings (SSSR count). The summed E-state index contributed by atoms with van der Waals surface area (Å²) in [6.07, 6.45) is 0. The van der Waals surface area contributed by atoms with Crippen molar-refractivity contribution < 1.29 is 13.9 Å². The lowest BCUT2D eigenvalue weighted by molar-refractivity contribution is 0.404. The van der Waals surface area contributed by atoms with Crippen molar-refractivity contribution in [1.29, 1.82) is 0 Å². The molecule has 144 valence electrons. The van der Waals surface area contributed by atoms with Crippen LogP contribution in [0.1, 0.15) is 0 Å². The van der Waals surface area contributed by atoms with Crippen molar-refractivity contribution in [2.75, 3.05) is 14.2 Å². The molecular weight excluding hydrogens is 363 g/mol. The summed E-state index contributed by atoms with van der Waals surface area (Å²) in [6, 6.07) is 28.7. The summed E-state index contributed by atoms with van der Waals surface area (Å²) < 4.78 is 26.5. The lowest BCUT2D eigenvalue weighted by atomic mass is 9.90. The monoisotopic (exact) mass is 384 g/mol. The van der Waals surface area contributed by atoms with E-state index in [4.69, 9.17) is 9.47 Å². The van der Waals surface area contributed by atoms with Crippen molar-refractivity contribution in [2.24, 2.45) is 0 Å². The fraction of sp³-hybridized carbons (Fsp3) is 0.0769. The minimum Gasteiger partial charge on any atom is -0.497 e. The predicted molar refractivity (Wildman–Crippen MR) is 116 cm³/mol. The lowest BCUT2D eigenvalue weighted by Crippen LogP contribution is -1.96. The Bertz CT molecular complexity index is 1120. The summed E-state index contributed by atoms with van der Waals surface area (Å²) in [7, 11) is 3.18. The summed E-state index contributed by atoms with van der Waals surface area (Å²) in [5, 5.41) is 0. The van der Waals surface area contributed by atoms with Crippen LogP contribution in [0.2, 0.25) is 0 Å². The third-order valence-electron chi connectivity index (χ3n) is 4.96. The smallest absolute Gasteiger partial charge is 0.132 e. The van der Waals surface area contributed by atoms with E-state index in [9.17, 15) is 0 Å². The Hall–Kier alpha value is -3.59. The van der Waals surface area contributed by atoms with Gasteiger partial charge < -0.3 is 9.47 Å². The zero-order valence-corrected chi connectivity index (χ0v) is 16.4. The van der Waals surface area contributed by atoms with Gasteiger partial charge in [-0.15, -0.1) is 0 Å². The van der Waals surface area contributed by atoms with E-state index in [2.05, 4.69) is 0 Å². The van der Waals surface area contributed by atoms with Gasteiger partial charge in [0.15, 0.2) is 0 Å². The first-order chi connectivity index (χ1) is 14.2. The highest BCUT2D eigenvalue weighted by molar-refractivity contribution is 5.90. The number of hydrogen-bond acceptors (Lipinski definition) is 2. The highest BCUT2D eigenvalue weighted by Crippen LogP contribution is 2.42. The maximum atomic E-state index is 15.6. The van der Waals surface area contributed by atoms with Crippen LogP contribution in [0.5, 0.6) is 11.5 Å². The van der Waals surface area contributed by atoms with Crippen LogP contribution in [0.3, 0.4) is 0 Å². The fourth-order valence-electron chi connectivity index (χ4n) is 3.53. The van der Waals surface area contributed by atoms with Crippen molar-refractivity contribution in [3.05, 3.63) is 96.8 Å². The summed E-state index contributed by atoms with van der Waals surface area (Å²) in [4.78, 5) is 0. The molecule has 0 atom stereocenters. The van der Waals surface area contributed by atoms with Gasteiger partial charge in [-0.25, -0.2) is 4.39 Å². The van der Waals surface area contributed by atoms with Crippen molar-refractivity contribution >= 4 is 0 Å². The molecular formula is C26H21FO2. The Labute approximate surface area is 170 Å². The molecule has 4 aromatic carbocycles. The highest BCUT2D eigenvalue weighted by Gasteiger charge is 2.19. The second-order valence-electron chi connectivity index (χ2n) is 6.68. The molecule has 4 aromatic rings. The normalized spacial score (nSPS) is 10.6. The molecule has 2 nitrogen and oxygen atoms in total. The van der Waals surface area contributed by atoms with Gasteiger partial charge in [-0.05, 0) is 52.6 Å². The number of halogens is 1. The van der Waals surface area contributed by atoms with Crippen molar-refractivity contribution in [3.8, 4) is 44.9 Å². The van der Waals surface area contributed by atoms with Crippen LogP contribution < -0.4 is 9.47 Å². The molecule has 0 radical (unpaired) electrons. The van der Waals surface area contributed by atoms with Crippen LogP contribution in [0.4, 0.5) is 4.39 Å². The Kier molecular flexibility index (Phi) is 5.30. The minimum atomic E-state index is -0.309. The van der Waals surface area contributed by atoms with Gasteiger partial charge in [0.05, 0.1) is 14.2 Å². The van der Waals surface area contributed by atoms with Crippen LogP contribution in [0, 0.1) is 5.82 Å². The number of hydrogen-bond donors (Lipinski definition) is 0. The Morgan fingerprint density at radius 3 is 1.86 bits per heavy atom. The maximum Gasteiger partial charge on any atom is 0.132 e. The van der Waals surface area contributed by atoms with Gasteiger partial charge in [-0.1, -0.05) is 60.7 Å². The third-order valence-corrected chi connectivity index (χ3v) is 4.96. The zero-order valence-electron chi connectivity index (χ0n) is 16.4. The highest BCUT2D eigenvalue weighted by atomic mass is 19.1. The van der Waals surface area contributed by atoms with E-state index in [1.807, 2.05) is 72.8 Å². The van der Waals surface area contributed by atoms with Gasteiger partial charge in [0.2, 0.25) is 0 Å². The van der Waals surface area contributed by atoms with Gasteiger partial charge >= 0.3 is 0 Å². The molecule has 0 N–H and O–H groups in total. The van der Waals surface area contributed by atoms with Crippen molar-refractivity contribution in [1.82, 2.24) is 0 Å². The Balaban J connectivity index is 2.02. The summed E-state index contributed by atoms with van der Waals surface area (Å²) in [6.45, 7) is 0.